The van der Waals surface area contributed by atoms with Crippen molar-refractivity contribution in [2.45, 2.75) is 19.8 Å². The predicted molar refractivity (Wildman–Crippen MR) is 122 cm³/mol. The number of carbonyl (C=O) groups excluding carboxylic acids is 3. The Labute approximate surface area is 193 Å². The van der Waals surface area contributed by atoms with Crippen molar-refractivity contribution in [2.75, 3.05) is 13.1 Å². The number of benzene rings is 2. The van der Waals surface area contributed by atoms with Gasteiger partial charge >= 0.3 is 5.63 Å². The molecule has 0 radical (unpaired) electrons. The Hall–Kier alpha value is -4.40. The van der Waals surface area contributed by atoms with Crippen LogP contribution in [0.1, 0.15) is 17.5 Å². The van der Waals surface area contributed by atoms with Gasteiger partial charge in [0.1, 0.15) is 11.2 Å². The first-order valence-electron chi connectivity index (χ1n) is 10.6. The van der Waals surface area contributed by atoms with Crippen molar-refractivity contribution in [1.29, 1.82) is 0 Å². The highest BCUT2D eigenvalue weighted by atomic mass is 16.4. The number of aryl methyl sites for hydroxylation is 1. The summed E-state index contributed by atoms with van der Waals surface area (Å²) < 4.78 is 11.2. The van der Waals surface area contributed by atoms with Crippen molar-refractivity contribution < 1.29 is 28.3 Å². The van der Waals surface area contributed by atoms with Gasteiger partial charge in [0, 0.05) is 34.4 Å². The number of hydrogen-bond acceptors (Lipinski definition) is 7. The van der Waals surface area contributed by atoms with Crippen molar-refractivity contribution in [3.63, 3.8) is 0 Å². The Balaban J connectivity index is 1.54. The molecule has 4 aromatic rings. The molecule has 0 atom stereocenters. The van der Waals surface area contributed by atoms with Crippen LogP contribution in [-0.2, 0) is 20.8 Å². The van der Waals surface area contributed by atoms with Gasteiger partial charge in [-0.05, 0) is 30.5 Å². The van der Waals surface area contributed by atoms with E-state index >= 15 is 0 Å². The van der Waals surface area contributed by atoms with Crippen molar-refractivity contribution in [1.82, 2.24) is 10.6 Å². The van der Waals surface area contributed by atoms with Gasteiger partial charge in [-0.1, -0.05) is 30.3 Å². The van der Waals surface area contributed by atoms with E-state index in [4.69, 9.17) is 8.83 Å². The molecule has 2 aromatic heterocycles. The maximum absolute atomic E-state index is 12.6. The van der Waals surface area contributed by atoms with Gasteiger partial charge in [-0.15, -0.1) is 0 Å². The third-order valence-corrected chi connectivity index (χ3v) is 5.54. The molecule has 0 aliphatic carbocycles. The van der Waals surface area contributed by atoms with Crippen LogP contribution in [-0.4, -0.2) is 30.9 Å². The average molecular weight is 461 g/mol. The van der Waals surface area contributed by atoms with Crippen molar-refractivity contribution in [2.24, 2.45) is 0 Å². The first-order valence-corrected chi connectivity index (χ1v) is 10.6. The van der Waals surface area contributed by atoms with Crippen molar-refractivity contribution >= 4 is 39.7 Å². The quantitative estimate of drug-likeness (QED) is 0.378. The van der Waals surface area contributed by atoms with Crippen LogP contribution in [0.4, 0.5) is 0 Å². The van der Waals surface area contributed by atoms with Crippen molar-refractivity contribution in [3.05, 3.63) is 70.3 Å². The normalized spacial score (nSPS) is 11.0. The van der Waals surface area contributed by atoms with E-state index in [9.17, 15) is 24.3 Å². The fourth-order valence-corrected chi connectivity index (χ4v) is 3.78. The largest absolute Gasteiger partial charge is 0.548 e. The molecule has 174 valence electrons. The van der Waals surface area contributed by atoms with Crippen LogP contribution in [0.2, 0.25) is 0 Å². The number of rotatable bonds is 8. The number of amides is 2. The molecule has 0 unspecified atom stereocenters. The number of carboxylic acid groups (broad SMARTS) is 1. The number of fused-ring (bicyclic) bond motifs is 2. The molecule has 2 N–H and O–H groups in total. The molecule has 2 heterocycles. The lowest BCUT2D eigenvalue weighted by Crippen LogP contribution is -2.42. The van der Waals surface area contributed by atoms with E-state index in [0.29, 0.717) is 22.3 Å². The maximum Gasteiger partial charge on any atom is 0.339 e. The van der Waals surface area contributed by atoms with E-state index in [1.54, 1.807) is 19.3 Å². The van der Waals surface area contributed by atoms with Crippen LogP contribution >= 0.6 is 0 Å². The van der Waals surface area contributed by atoms with E-state index in [0.717, 1.165) is 21.9 Å². The molecule has 2 amide bonds. The fraction of sp³-hybridized carbons (Fsp3) is 0.200. The van der Waals surface area contributed by atoms with Crippen LogP contribution < -0.4 is 21.4 Å². The summed E-state index contributed by atoms with van der Waals surface area (Å²) in [5.74, 6) is -2.54. The highest BCUT2D eigenvalue weighted by molar-refractivity contribution is 6.02. The molecule has 34 heavy (non-hydrogen) atoms. The maximum atomic E-state index is 12.6. The summed E-state index contributed by atoms with van der Waals surface area (Å²) >= 11 is 0. The molecule has 2 aromatic carbocycles. The predicted octanol–water partition coefficient (Wildman–Crippen LogP) is 1.43. The van der Waals surface area contributed by atoms with Gasteiger partial charge < -0.3 is 29.4 Å². The first kappa shape index (κ1) is 22.8. The summed E-state index contributed by atoms with van der Waals surface area (Å²) in [5.41, 5.74) is 3.43. The average Bonchev–Trinajstić information content (AvgIpc) is 3.23. The number of furan rings is 1. The summed E-state index contributed by atoms with van der Waals surface area (Å²) in [7, 11) is 0. The zero-order valence-electron chi connectivity index (χ0n) is 18.3. The van der Waals surface area contributed by atoms with E-state index in [2.05, 4.69) is 10.6 Å². The molecular formula is C25H21N2O7-. The lowest BCUT2D eigenvalue weighted by atomic mass is 9.99. The Morgan fingerprint density at radius 2 is 1.68 bits per heavy atom. The Morgan fingerprint density at radius 1 is 0.941 bits per heavy atom. The number of carbonyl (C=O) groups is 3. The second-order valence-corrected chi connectivity index (χ2v) is 7.78. The molecule has 0 fully saturated rings. The van der Waals surface area contributed by atoms with Gasteiger partial charge in [-0.3, -0.25) is 9.59 Å². The summed E-state index contributed by atoms with van der Waals surface area (Å²) in [6, 6.07) is 13.4. The minimum absolute atomic E-state index is 0.0475. The highest BCUT2D eigenvalue weighted by Gasteiger charge is 2.17. The minimum atomic E-state index is -1.43. The lowest BCUT2D eigenvalue weighted by molar-refractivity contribution is -0.304. The summed E-state index contributed by atoms with van der Waals surface area (Å²) in [6.07, 6.45) is 1.74. The van der Waals surface area contributed by atoms with E-state index in [-0.39, 0.29) is 19.4 Å². The number of hydrogen-bond donors (Lipinski definition) is 2. The molecule has 0 saturated heterocycles. The van der Waals surface area contributed by atoms with E-state index < -0.39 is 30.0 Å². The highest BCUT2D eigenvalue weighted by Crippen LogP contribution is 2.34. The van der Waals surface area contributed by atoms with Gasteiger partial charge in [-0.2, -0.15) is 0 Å². The Morgan fingerprint density at radius 3 is 2.41 bits per heavy atom. The number of nitrogens with one attached hydrogen (secondary N) is 2. The molecular weight excluding hydrogens is 440 g/mol. The third kappa shape index (κ3) is 4.83. The van der Waals surface area contributed by atoms with Gasteiger partial charge in [0.05, 0.1) is 25.3 Å². The zero-order chi connectivity index (χ0) is 24.2. The zero-order valence-corrected chi connectivity index (χ0v) is 18.3. The molecule has 0 bridgehead atoms. The van der Waals surface area contributed by atoms with Crippen LogP contribution in [0.15, 0.2) is 62.4 Å². The molecule has 0 spiro atoms. The van der Waals surface area contributed by atoms with Crippen LogP contribution in [0, 0.1) is 6.92 Å². The second-order valence-electron chi connectivity index (χ2n) is 7.78. The minimum Gasteiger partial charge on any atom is -0.548 e. The smallest absolute Gasteiger partial charge is 0.339 e. The topological polar surface area (TPSA) is 142 Å². The van der Waals surface area contributed by atoms with Crippen LogP contribution in [0.25, 0.3) is 33.1 Å². The lowest BCUT2D eigenvalue weighted by Gasteiger charge is -2.09. The molecule has 4 rings (SSSR count). The molecule has 9 heteroatoms. The monoisotopic (exact) mass is 461 g/mol. The van der Waals surface area contributed by atoms with Gasteiger partial charge in [0.25, 0.3) is 0 Å². The second kappa shape index (κ2) is 9.62. The SMILES string of the molecule is Cc1c(CCC(=O)NCC(=O)NCC(=O)[O-])c(=O)oc2cc3occ(-c4ccccc4)c3cc12. The molecule has 0 saturated carbocycles. The summed E-state index contributed by atoms with van der Waals surface area (Å²) in [4.78, 5) is 46.6. The molecule has 0 aliphatic heterocycles. The third-order valence-electron chi connectivity index (χ3n) is 5.54. The van der Waals surface area contributed by atoms with E-state index in [1.165, 1.54) is 0 Å². The first-order chi connectivity index (χ1) is 16.3. The van der Waals surface area contributed by atoms with E-state index in [1.807, 2.05) is 36.4 Å². The Kier molecular flexibility index (Phi) is 6.44. The van der Waals surface area contributed by atoms with Crippen LogP contribution in [0.5, 0.6) is 0 Å². The fourth-order valence-electron chi connectivity index (χ4n) is 3.78. The summed E-state index contributed by atoms with van der Waals surface area (Å²) in [5, 5.41) is 16.4. The van der Waals surface area contributed by atoms with Gasteiger partial charge in [0.2, 0.25) is 11.8 Å². The standard InChI is InChI=1S/C25H22N2O7/c1-14-16(7-8-22(28)26-11-23(29)27-12-24(30)31)25(32)34-21-10-20-18(9-17(14)21)19(13-33-20)15-5-3-2-4-6-15/h2-6,9-10,13H,7-8,11-12H2,1H3,(H,26,28)(H,27,29)(H,30,31)/p-1. The van der Waals surface area contributed by atoms with Gasteiger partial charge in [0.15, 0.2) is 0 Å². The van der Waals surface area contributed by atoms with Crippen molar-refractivity contribution in [3.8, 4) is 11.1 Å². The number of carboxylic acids is 1. The van der Waals surface area contributed by atoms with Crippen LogP contribution in [0.3, 0.4) is 0 Å². The molecule has 0 aliphatic rings. The molecule has 9 nitrogen and oxygen atoms in total. The summed E-state index contributed by atoms with van der Waals surface area (Å²) in [6.45, 7) is 0.786. The Bertz CT molecular complexity index is 1450. The van der Waals surface area contributed by atoms with Gasteiger partial charge in [-0.25, -0.2) is 4.79 Å². The number of aliphatic carboxylic acids is 1.